The van der Waals surface area contributed by atoms with Crippen molar-refractivity contribution in [1.82, 2.24) is 0 Å². The number of benzene rings is 2. The van der Waals surface area contributed by atoms with Crippen LogP contribution in [-0.2, 0) is 14.3 Å². The highest BCUT2D eigenvalue weighted by atomic mass is 16.6. The van der Waals surface area contributed by atoms with Crippen LogP contribution >= 0.6 is 0 Å². The summed E-state index contributed by atoms with van der Waals surface area (Å²) in [5.74, 6) is -1.26. The van der Waals surface area contributed by atoms with Gasteiger partial charge in [-0.2, -0.15) is 0 Å². The molecule has 2 rings (SSSR count). The number of nitro benzene ring substituents is 1. The second-order valence-corrected chi connectivity index (χ2v) is 6.19. The highest BCUT2D eigenvalue weighted by Crippen LogP contribution is 2.24. The SMILES string of the molecule is COCCNc1ccc([N+](=O)[O-])cc1C(=O)O[C@@H](C)C(=O)N(C)c1ccccc1. The number of rotatable bonds is 9. The fourth-order valence-electron chi connectivity index (χ4n) is 2.58. The lowest BCUT2D eigenvalue weighted by Crippen LogP contribution is -2.37. The van der Waals surface area contributed by atoms with Crippen LogP contribution < -0.4 is 10.2 Å². The fraction of sp³-hybridized carbons (Fsp3) is 0.300. The zero-order valence-corrected chi connectivity index (χ0v) is 16.5. The Morgan fingerprint density at radius 1 is 1.21 bits per heavy atom. The van der Waals surface area contributed by atoms with Gasteiger partial charge < -0.3 is 19.7 Å². The summed E-state index contributed by atoms with van der Waals surface area (Å²) in [6.45, 7) is 2.22. The number of nitrogens with zero attached hydrogens (tertiary/aromatic N) is 2. The molecule has 9 heteroatoms. The zero-order chi connectivity index (χ0) is 21.4. The lowest BCUT2D eigenvalue weighted by atomic mass is 10.1. The fourth-order valence-corrected chi connectivity index (χ4v) is 2.58. The van der Waals surface area contributed by atoms with Crippen molar-refractivity contribution in [2.24, 2.45) is 0 Å². The highest BCUT2D eigenvalue weighted by Gasteiger charge is 2.25. The van der Waals surface area contributed by atoms with Crippen LogP contribution in [0.15, 0.2) is 48.5 Å². The third-order valence-corrected chi connectivity index (χ3v) is 4.16. The van der Waals surface area contributed by atoms with Gasteiger partial charge >= 0.3 is 5.97 Å². The summed E-state index contributed by atoms with van der Waals surface area (Å²) in [5.41, 5.74) is 0.721. The number of carbonyl (C=O) groups excluding carboxylic acids is 2. The van der Waals surface area contributed by atoms with Crippen molar-refractivity contribution in [3.63, 3.8) is 0 Å². The largest absolute Gasteiger partial charge is 0.449 e. The van der Waals surface area contributed by atoms with Crippen LogP contribution in [0.1, 0.15) is 17.3 Å². The second-order valence-electron chi connectivity index (χ2n) is 6.19. The quantitative estimate of drug-likeness (QED) is 0.298. The number of carbonyl (C=O) groups is 2. The van der Waals surface area contributed by atoms with E-state index in [1.54, 1.807) is 31.3 Å². The minimum Gasteiger partial charge on any atom is -0.449 e. The summed E-state index contributed by atoms with van der Waals surface area (Å²) in [4.78, 5) is 37.1. The molecule has 0 unspecified atom stereocenters. The Morgan fingerprint density at radius 3 is 2.52 bits per heavy atom. The monoisotopic (exact) mass is 401 g/mol. The van der Waals surface area contributed by atoms with E-state index in [1.165, 1.54) is 31.1 Å². The van der Waals surface area contributed by atoms with E-state index in [9.17, 15) is 19.7 Å². The molecule has 0 fully saturated rings. The molecular formula is C20H23N3O6. The first-order chi connectivity index (χ1) is 13.8. The van der Waals surface area contributed by atoms with Gasteiger partial charge in [-0.05, 0) is 25.1 Å². The van der Waals surface area contributed by atoms with Crippen molar-refractivity contribution < 1.29 is 24.0 Å². The number of amides is 1. The zero-order valence-electron chi connectivity index (χ0n) is 16.5. The smallest absolute Gasteiger partial charge is 0.341 e. The summed E-state index contributed by atoms with van der Waals surface area (Å²) < 4.78 is 10.3. The van der Waals surface area contributed by atoms with Crippen molar-refractivity contribution in [2.45, 2.75) is 13.0 Å². The van der Waals surface area contributed by atoms with Gasteiger partial charge in [-0.3, -0.25) is 14.9 Å². The molecule has 0 aromatic heterocycles. The third-order valence-electron chi connectivity index (χ3n) is 4.16. The van der Waals surface area contributed by atoms with E-state index < -0.39 is 22.9 Å². The standard InChI is InChI=1S/C20H23N3O6/c1-14(19(24)22(2)15-7-5-4-6-8-15)29-20(25)17-13-16(23(26)27)9-10-18(17)21-11-12-28-3/h4-10,13-14,21H,11-12H2,1-3H3/t14-/m0/s1. The van der Waals surface area contributed by atoms with E-state index in [0.29, 0.717) is 24.5 Å². The summed E-state index contributed by atoms with van der Waals surface area (Å²) in [5, 5.41) is 14.0. The molecular weight excluding hydrogens is 378 g/mol. The van der Waals surface area contributed by atoms with E-state index in [2.05, 4.69) is 5.32 Å². The number of anilines is 2. The Bertz CT molecular complexity index is 872. The molecule has 2 aromatic rings. The molecule has 0 aliphatic rings. The molecule has 2 aromatic carbocycles. The number of hydrogen-bond donors (Lipinski definition) is 1. The number of methoxy groups -OCH3 is 1. The highest BCUT2D eigenvalue weighted by molar-refractivity contribution is 6.00. The van der Waals surface area contributed by atoms with Crippen LogP contribution in [0.25, 0.3) is 0 Å². The van der Waals surface area contributed by atoms with Crippen LogP contribution in [0.2, 0.25) is 0 Å². The molecule has 1 atom stereocenters. The van der Waals surface area contributed by atoms with Gasteiger partial charge in [0.2, 0.25) is 0 Å². The predicted octanol–water partition coefficient (Wildman–Crippen LogP) is 2.86. The molecule has 1 amide bonds. The number of non-ortho nitro benzene ring substituents is 1. The molecule has 1 N–H and O–H groups in total. The Kier molecular flexibility index (Phi) is 7.67. The number of nitrogens with one attached hydrogen (secondary N) is 1. The van der Waals surface area contributed by atoms with E-state index in [1.807, 2.05) is 6.07 Å². The number of esters is 1. The number of ether oxygens (including phenoxy) is 2. The van der Waals surface area contributed by atoms with Crippen LogP contribution in [0, 0.1) is 10.1 Å². The second kappa shape index (κ2) is 10.2. The van der Waals surface area contributed by atoms with Crippen molar-refractivity contribution in [3.8, 4) is 0 Å². The topological polar surface area (TPSA) is 111 Å². The summed E-state index contributed by atoms with van der Waals surface area (Å²) in [6, 6.07) is 12.7. The molecule has 0 bridgehead atoms. The van der Waals surface area contributed by atoms with E-state index in [0.717, 1.165) is 6.07 Å². The van der Waals surface area contributed by atoms with Gasteiger partial charge in [-0.1, -0.05) is 18.2 Å². The number of hydrogen-bond acceptors (Lipinski definition) is 7. The Hall–Kier alpha value is -3.46. The van der Waals surface area contributed by atoms with Gasteiger partial charge in [-0.25, -0.2) is 4.79 Å². The molecule has 9 nitrogen and oxygen atoms in total. The van der Waals surface area contributed by atoms with Crippen LogP contribution in [0.3, 0.4) is 0 Å². The number of likely N-dealkylation sites (N-methyl/N-ethyl adjacent to an activating group) is 1. The summed E-state index contributed by atoms with van der Waals surface area (Å²) >= 11 is 0. The average molecular weight is 401 g/mol. The molecule has 29 heavy (non-hydrogen) atoms. The molecule has 0 aliphatic carbocycles. The molecule has 0 heterocycles. The van der Waals surface area contributed by atoms with Gasteiger partial charge in [0.1, 0.15) is 0 Å². The molecule has 0 aliphatic heterocycles. The van der Waals surface area contributed by atoms with Crippen LogP contribution in [0.5, 0.6) is 0 Å². The average Bonchev–Trinajstić information content (AvgIpc) is 2.73. The Balaban J connectivity index is 2.18. The maximum atomic E-state index is 12.7. The Morgan fingerprint density at radius 2 is 1.90 bits per heavy atom. The maximum Gasteiger partial charge on any atom is 0.341 e. The van der Waals surface area contributed by atoms with Crippen LogP contribution in [-0.4, -0.2) is 50.2 Å². The van der Waals surface area contributed by atoms with Crippen LogP contribution in [0.4, 0.5) is 17.1 Å². The lowest BCUT2D eigenvalue weighted by molar-refractivity contribution is -0.384. The van der Waals surface area contributed by atoms with E-state index >= 15 is 0 Å². The van der Waals surface area contributed by atoms with Gasteiger partial charge in [0, 0.05) is 44.2 Å². The predicted molar refractivity (Wildman–Crippen MR) is 108 cm³/mol. The summed E-state index contributed by atoms with van der Waals surface area (Å²) in [7, 11) is 3.11. The third kappa shape index (κ3) is 5.76. The number of nitro groups is 1. The van der Waals surface area contributed by atoms with Crippen molar-refractivity contribution in [1.29, 1.82) is 0 Å². The number of para-hydroxylation sites is 1. The van der Waals surface area contributed by atoms with Gasteiger partial charge in [0.25, 0.3) is 11.6 Å². The lowest BCUT2D eigenvalue weighted by Gasteiger charge is -2.22. The first-order valence-electron chi connectivity index (χ1n) is 8.90. The van der Waals surface area contributed by atoms with E-state index in [4.69, 9.17) is 9.47 Å². The van der Waals surface area contributed by atoms with Crippen molar-refractivity contribution >= 4 is 28.9 Å². The molecule has 0 spiro atoms. The molecule has 0 saturated heterocycles. The minimum absolute atomic E-state index is 0.0303. The van der Waals surface area contributed by atoms with Gasteiger partial charge in [0.15, 0.2) is 6.10 Å². The van der Waals surface area contributed by atoms with Crippen molar-refractivity contribution in [3.05, 3.63) is 64.2 Å². The molecule has 154 valence electrons. The van der Waals surface area contributed by atoms with Gasteiger partial charge in [0.05, 0.1) is 17.1 Å². The first kappa shape index (κ1) is 21.8. The van der Waals surface area contributed by atoms with Crippen molar-refractivity contribution in [2.75, 3.05) is 37.5 Å². The Labute approximate surface area is 168 Å². The first-order valence-corrected chi connectivity index (χ1v) is 8.90. The minimum atomic E-state index is -1.08. The molecule has 0 saturated carbocycles. The molecule has 0 radical (unpaired) electrons. The summed E-state index contributed by atoms with van der Waals surface area (Å²) in [6.07, 6.45) is -1.08. The van der Waals surface area contributed by atoms with Gasteiger partial charge in [-0.15, -0.1) is 0 Å². The maximum absolute atomic E-state index is 12.7. The van der Waals surface area contributed by atoms with E-state index in [-0.39, 0.29) is 11.3 Å². The normalized spacial score (nSPS) is 11.4.